The molecule has 1 aromatic carbocycles. The van der Waals surface area contributed by atoms with Gasteiger partial charge in [-0.15, -0.1) is 17.5 Å². The SMILES string of the molecule is Cc1ccc(C)c2c1C=[C-]C2.[Cl-].[Cl-].[Zr+3]. The molecule has 0 saturated heterocycles. The van der Waals surface area contributed by atoms with Gasteiger partial charge in [-0.05, 0) is 6.92 Å². The van der Waals surface area contributed by atoms with E-state index in [1.54, 1.807) is 0 Å². The normalized spacial score (nSPS) is 10.7. The summed E-state index contributed by atoms with van der Waals surface area (Å²) >= 11 is 0. The Kier molecular flexibility index (Phi) is 8.21. The van der Waals surface area contributed by atoms with Crippen LogP contribution in [0.15, 0.2) is 12.1 Å². The number of halogens is 2. The van der Waals surface area contributed by atoms with Gasteiger partial charge in [0.1, 0.15) is 0 Å². The maximum atomic E-state index is 3.24. The maximum absolute atomic E-state index is 3.24. The third-order valence-corrected chi connectivity index (χ3v) is 2.33. The van der Waals surface area contributed by atoms with Gasteiger partial charge in [0.2, 0.25) is 0 Å². The van der Waals surface area contributed by atoms with Gasteiger partial charge in [0.15, 0.2) is 0 Å². The molecule has 0 aliphatic heterocycles. The summed E-state index contributed by atoms with van der Waals surface area (Å²) in [5, 5.41) is 0. The van der Waals surface area contributed by atoms with Crippen molar-refractivity contribution >= 4 is 6.08 Å². The van der Waals surface area contributed by atoms with Crippen LogP contribution in [0.1, 0.15) is 22.3 Å². The Morgan fingerprint density at radius 3 is 2.21 bits per heavy atom. The van der Waals surface area contributed by atoms with Gasteiger partial charge in [-0.1, -0.05) is 24.6 Å². The van der Waals surface area contributed by atoms with Gasteiger partial charge in [0.05, 0.1) is 0 Å². The van der Waals surface area contributed by atoms with Crippen LogP contribution >= 0.6 is 0 Å². The van der Waals surface area contributed by atoms with Crippen LogP contribution in [-0.4, -0.2) is 0 Å². The van der Waals surface area contributed by atoms with E-state index in [2.05, 4.69) is 38.1 Å². The van der Waals surface area contributed by atoms with Crippen LogP contribution in [0.2, 0.25) is 0 Å². The topological polar surface area (TPSA) is 0 Å². The van der Waals surface area contributed by atoms with Crippen LogP contribution in [0, 0.1) is 19.9 Å². The Labute approximate surface area is 117 Å². The molecule has 0 aromatic heterocycles. The van der Waals surface area contributed by atoms with Gasteiger partial charge in [-0.2, -0.15) is 5.56 Å². The molecule has 0 bridgehead atoms. The van der Waals surface area contributed by atoms with E-state index in [9.17, 15) is 0 Å². The number of rotatable bonds is 0. The fourth-order valence-electron chi connectivity index (χ4n) is 1.58. The van der Waals surface area contributed by atoms with Crippen LogP contribution < -0.4 is 24.8 Å². The minimum absolute atomic E-state index is 0. The van der Waals surface area contributed by atoms with Gasteiger partial charge in [0, 0.05) is 0 Å². The van der Waals surface area contributed by atoms with Crippen molar-refractivity contribution in [1.29, 1.82) is 0 Å². The molecule has 0 amide bonds. The van der Waals surface area contributed by atoms with E-state index in [4.69, 9.17) is 0 Å². The number of hydrogen-bond acceptors (Lipinski definition) is 0. The third kappa shape index (κ3) is 2.95. The molecule has 0 heterocycles. The summed E-state index contributed by atoms with van der Waals surface area (Å²) in [6, 6.07) is 4.37. The van der Waals surface area contributed by atoms with E-state index in [1.807, 2.05) is 0 Å². The molecule has 0 spiro atoms. The van der Waals surface area contributed by atoms with Crippen molar-refractivity contribution in [2.45, 2.75) is 20.3 Å². The molecule has 0 unspecified atom stereocenters. The maximum Gasteiger partial charge on any atom is 3.00 e. The predicted octanol–water partition coefficient (Wildman–Crippen LogP) is -3.32. The first-order valence-electron chi connectivity index (χ1n) is 3.95. The van der Waals surface area contributed by atoms with Crippen LogP contribution in [0.3, 0.4) is 0 Å². The Hall–Kier alpha value is 0.423. The Balaban J connectivity index is 0. The molecule has 0 atom stereocenters. The van der Waals surface area contributed by atoms with Crippen molar-refractivity contribution in [2.24, 2.45) is 0 Å². The molecule has 0 saturated carbocycles. The van der Waals surface area contributed by atoms with E-state index < -0.39 is 0 Å². The van der Waals surface area contributed by atoms with E-state index in [1.165, 1.54) is 22.3 Å². The fourth-order valence-corrected chi connectivity index (χ4v) is 1.58. The summed E-state index contributed by atoms with van der Waals surface area (Å²) in [4.78, 5) is 0. The van der Waals surface area contributed by atoms with E-state index in [0.29, 0.717) is 0 Å². The second-order valence-electron chi connectivity index (χ2n) is 3.12. The molecular weight excluding hydrogens is 294 g/mol. The van der Waals surface area contributed by atoms with Crippen molar-refractivity contribution in [3.05, 3.63) is 40.5 Å². The molecule has 73 valence electrons. The van der Waals surface area contributed by atoms with Crippen molar-refractivity contribution < 1.29 is 51.0 Å². The first-order valence-corrected chi connectivity index (χ1v) is 3.95. The quantitative estimate of drug-likeness (QED) is 0.440. The van der Waals surface area contributed by atoms with Gasteiger partial charge in [0.25, 0.3) is 0 Å². The standard InChI is InChI=1S/C11H11.2ClH.Zr/c1-8-6-7-9(2)11-5-3-4-10(8)11;;;/h4,6-7H,5H2,1-2H3;2*1H;/q-1;;;+3/p-2. The molecule has 1 aliphatic carbocycles. The Morgan fingerprint density at radius 2 is 1.64 bits per heavy atom. The molecule has 0 fully saturated rings. The molecule has 0 N–H and O–H groups in total. The van der Waals surface area contributed by atoms with Crippen molar-refractivity contribution in [3.63, 3.8) is 0 Å². The average Bonchev–Trinajstić information content (AvgIpc) is 2.45. The van der Waals surface area contributed by atoms with Gasteiger partial charge in [-0.3, -0.25) is 6.08 Å². The zero-order valence-corrected chi connectivity index (χ0v) is 12.2. The molecule has 0 nitrogen and oxygen atoms in total. The molecule has 2 rings (SSSR count). The predicted molar refractivity (Wildman–Crippen MR) is 47.3 cm³/mol. The number of allylic oxidation sites excluding steroid dienone is 1. The van der Waals surface area contributed by atoms with Crippen molar-refractivity contribution in [3.8, 4) is 0 Å². The smallest absolute Gasteiger partial charge is 1.00 e. The Bertz CT molecular complexity index is 332. The van der Waals surface area contributed by atoms with Crippen LogP contribution in [0.5, 0.6) is 0 Å². The van der Waals surface area contributed by atoms with Crippen molar-refractivity contribution in [2.75, 3.05) is 0 Å². The first kappa shape index (κ1) is 16.8. The summed E-state index contributed by atoms with van der Waals surface area (Å²) in [5.74, 6) is 0. The number of fused-ring (bicyclic) bond motifs is 1. The van der Waals surface area contributed by atoms with Gasteiger partial charge in [-0.25, -0.2) is 6.08 Å². The summed E-state index contributed by atoms with van der Waals surface area (Å²) in [7, 11) is 0. The van der Waals surface area contributed by atoms with Gasteiger partial charge >= 0.3 is 26.2 Å². The second kappa shape index (κ2) is 6.82. The van der Waals surface area contributed by atoms with E-state index in [0.717, 1.165) is 6.42 Å². The molecule has 1 aromatic rings. The minimum Gasteiger partial charge on any atom is -1.00 e. The molecule has 1 aliphatic rings. The van der Waals surface area contributed by atoms with E-state index >= 15 is 0 Å². The van der Waals surface area contributed by atoms with E-state index in [-0.39, 0.29) is 51.0 Å². The van der Waals surface area contributed by atoms with Crippen LogP contribution in [0.25, 0.3) is 6.08 Å². The summed E-state index contributed by atoms with van der Waals surface area (Å²) in [6.45, 7) is 4.32. The second-order valence-corrected chi connectivity index (χ2v) is 3.12. The fraction of sp³-hybridized carbons (Fsp3) is 0.273. The number of benzene rings is 1. The van der Waals surface area contributed by atoms with Crippen LogP contribution in [0.4, 0.5) is 0 Å². The van der Waals surface area contributed by atoms with Gasteiger partial charge < -0.3 is 24.8 Å². The summed E-state index contributed by atoms with van der Waals surface area (Å²) in [6.07, 6.45) is 6.36. The third-order valence-electron chi connectivity index (χ3n) is 2.33. The Morgan fingerprint density at radius 1 is 1.07 bits per heavy atom. The average molecular weight is 305 g/mol. The largest absolute Gasteiger partial charge is 3.00 e. The summed E-state index contributed by atoms with van der Waals surface area (Å²) < 4.78 is 0. The minimum atomic E-state index is 0. The summed E-state index contributed by atoms with van der Waals surface area (Å²) in [5.41, 5.74) is 5.62. The zero-order chi connectivity index (χ0) is 7.84. The molecule has 3 heteroatoms. The number of aryl methyl sites for hydroxylation is 2. The first-order chi connectivity index (χ1) is 5.29. The zero-order valence-electron chi connectivity index (χ0n) is 8.20. The number of hydrogen-bond donors (Lipinski definition) is 0. The molecule has 14 heavy (non-hydrogen) atoms. The van der Waals surface area contributed by atoms with Crippen molar-refractivity contribution in [1.82, 2.24) is 0 Å². The molecule has 1 radical (unpaired) electrons. The van der Waals surface area contributed by atoms with Crippen LogP contribution in [-0.2, 0) is 32.6 Å². The molecular formula is C11H11Cl2Zr. The monoisotopic (exact) mass is 303 g/mol.